The van der Waals surface area contributed by atoms with Crippen LogP contribution in [0.15, 0.2) is 72.8 Å². The second kappa shape index (κ2) is 10.1. The molecule has 3 aromatic carbocycles. The van der Waals surface area contributed by atoms with Crippen LogP contribution in [0.25, 0.3) is 0 Å². The molecule has 7 heteroatoms. The van der Waals surface area contributed by atoms with Crippen molar-refractivity contribution in [2.75, 3.05) is 6.61 Å². The number of nitrogens with one attached hydrogen (secondary N) is 2. The van der Waals surface area contributed by atoms with Gasteiger partial charge < -0.3 is 15.4 Å². The summed E-state index contributed by atoms with van der Waals surface area (Å²) in [6.45, 7) is 2.44. The van der Waals surface area contributed by atoms with Gasteiger partial charge in [0, 0.05) is 21.2 Å². The average Bonchev–Trinajstić information content (AvgIpc) is 2.74. The van der Waals surface area contributed by atoms with Gasteiger partial charge in [0.1, 0.15) is 11.9 Å². The highest BCUT2D eigenvalue weighted by Gasteiger charge is 2.19. The fourth-order valence-corrected chi connectivity index (χ4v) is 3.19. The minimum Gasteiger partial charge on any atom is -0.494 e. The molecule has 0 saturated heterocycles. The molecule has 0 aromatic heterocycles. The Balaban J connectivity index is 1.85. The van der Waals surface area contributed by atoms with E-state index in [2.05, 4.69) is 10.6 Å². The Kier molecular flexibility index (Phi) is 7.33. The van der Waals surface area contributed by atoms with Gasteiger partial charge in [-0.15, -0.1) is 0 Å². The van der Waals surface area contributed by atoms with E-state index >= 15 is 0 Å². The number of hydrogen-bond donors (Lipinski definition) is 2. The van der Waals surface area contributed by atoms with E-state index in [-0.39, 0.29) is 11.8 Å². The van der Waals surface area contributed by atoms with Crippen molar-refractivity contribution in [1.29, 1.82) is 0 Å². The number of benzene rings is 3. The molecule has 154 valence electrons. The van der Waals surface area contributed by atoms with Crippen LogP contribution >= 0.6 is 23.2 Å². The number of hydrogen-bond acceptors (Lipinski definition) is 3. The molecule has 30 heavy (non-hydrogen) atoms. The van der Waals surface area contributed by atoms with Crippen molar-refractivity contribution < 1.29 is 14.3 Å². The first-order valence-electron chi connectivity index (χ1n) is 9.32. The third-order valence-electron chi connectivity index (χ3n) is 4.25. The van der Waals surface area contributed by atoms with Crippen molar-refractivity contribution in [2.45, 2.75) is 13.1 Å². The number of halogens is 2. The number of rotatable bonds is 7. The quantitative estimate of drug-likeness (QED) is 0.490. The van der Waals surface area contributed by atoms with Crippen LogP contribution in [-0.2, 0) is 0 Å². The zero-order chi connectivity index (χ0) is 21.5. The first-order valence-corrected chi connectivity index (χ1v) is 10.1. The lowest BCUT2D eigenvalue weighted by molar-refractivity contribution is 0.0883. The van der Waals surface area contributed by atoms with E-state index < -0.39 is 6.17 Å². The number of amides is 2. The summed E-state index contributed by atoms with van der Waals surface area (Å²) in [6.07, 6.45) is -0.779. The van der Waals surface area contributed by atoms with Gasteiger partial charge >= 0.3 is 0 Å². The molecule has 0 saturated carbocycles. The maximum absolute atomic E-state index is 12.8. The summed E-state index contributed by atoms with van der Waals surface area (Å²) in [5.41, 5.74) is 1.45. The highest BCUT2D eigenvalue weighted by atomic mass is 35.5. The third-order valence-corrected chi connectivity index (χ3v) is 4.72. The van der Waals surface area contributed by atoms with Crippen LogP contribution in [-0.4, -0.2) is 18.4 Å². The maximum Gasteiger partial charge on any atom is 0.253 e. The summed E-state index contributed by atoms with van der Waals surface area (Å²) in [6, 6.07) is 20.3. The molecule has 5 nitrogen and oxygen atoms in total. The highest BCUT2D eigenvalue weighted by molar-refractivity contribution is 6.31. The van der Waals surface area contributed by atoms with Crippen LogP contribution in [0.1, 0.15) is 39.4 Å². The van der Waals surface area contributed by atoms with Crippen molar-refractivity contribution >= 4 is 35.0 Å². The van der Waals surface area contributed by atoms with Gasteiger partial charge in [0.2, 0.25) is 0 Å². The van der Waals surface area contributed by atoms with Gasteiger partial charge in [-0.1, -0.05) is 47.5 Å². The van der Waals surface area contributed by atoms with Gasteiger partial charge in [-0.3, -0.25) is 9.59 Å². The van der Waals surface area contributed by atoms with E-state index in [0.717, 1.165) is 0 Å². The molecule has 3 rings (SSSR count). The minimum atomic E-state index is -0.779. The molecule has 0 aliphatic carbocycles. The molecular formula is C23H20Cl2N2O3. The lowest BCUT2D eigenvalue weighted by Crippen LogP contribution is -2.41. The average molecular weight is 443 g/mol. The van der Waals surface area contributed by atoms with Crippen LogP contribution in [0.4, 0.5) is 0 Å². The fraction of sp³-hybridized carbons (Fsp3) is 0.130. The zero-order valence-corrected chi connectivity index (χ0v) is 17.7. The summed E-state index contributed by atoms with van der Waals surface area (Å²) in [5.74, 6) is -0.0482. The monoisotopic (exact) mass is 442 g/mol. The first-order chi connectivity index (χ1) is 14.5. The van der Waals surface area contributed by atoms with Gasteiger partial charge in [0.05, 0.1) is 6.61 Å². The van der Waals surface area contributed by atoms with Crippen LogP contribution in [0.5, 0.6) is 5.75 Å². The number of carbonyl (C=O) groups excluding carboxylic acids is 2. The Morgan fingerprint density at radius 2 is 1.33 bits per heavy atom. The number of ether oxygens (including phenoxy) is 1. The van der Waals surface area contributed by atoms with Crippen LogP contribution < -0.4 is 15.4 Å². The molecule has 0 fully saturated rings. The topological polar surface area (TPSA) is 67.4 Å². The first kappa shape index (κ1) is 21.7. The van der Waals surface area contributed by atoms with Gasteiger partial charge in [-0.05, 0) is 61.0 Å². The Hall–Kier alpha value is -3.02. The molecule has 0 spiro atoms. The van der Waals surface area contributed by atoms with E-state index in [1.54, 1.807) is 72.8 Å². The molecule has 2 amide bonds. The molecule has 0 aliphatic heterocycles. The van der Waals surface area contributed by atoms with E-state index in [0.29, 0.717) is 39.1 Å². The standard InChI is InChI=1S/C23H20Cl2N2O3/c1-2-30-20-11-9-15(10-12-20)21(26-22(28)16-5-3-7-18(24)13-16)27-23(29)17-6-4-8-19(25)14-17/h3-14,21H,2H2,1H3,(H,26,28)(H,27,29). The van der Waals surface area contributed by atoms with E-state index in [4.69, 9.17) is 27.9 Å². The van der Waals surface area contributed by atoms with Gasteiger partial charge in [-0.25, -0.2) is 0 Å². The van der Waals surface area contributed by atoms with Crippen LogP contribution in [0, 0.1) is 0 Å². The van der Waals surface area contributed by atoms with E-state index in [1.165, 1.54) is 0 Å². The fourth-order valence-electron chi connectivity index (χ4n) is 2.81. The largest absolute Gasteiger partial charge is 0.494 e. The summed E-state index contributed by atoms with van der Waals surface area (Å²) >= 11 is 12.0. The Bertz CT molecular complexity index is 979. The zero-order valence-electron chi connectivity index (χ0n) is 16.2. The van der Waals surface area contributed by atoms with Crippen molar-refractivity contribution in [3.63, 3.8) is 0 Å². The Morgan fingerprint density at radius 1 is 0.833 bits per heavy atom. The predicted octanol–water partition coefficient (Wildman–Crippen LogP) is 5.25. The second-order valence-electron chi connectivity index (χ2n) is 6.40. The van der Waals surface area contributed by atoms with Crippen molar-refractivity contribution in [2.24, 2.45) is 0 Å². The minimum absolute atomic E-state index is 0.372. The normalized spacial score (nSPS) is 10.5. The second-order valence-corrected chi connectivity index (χ2v) is 7.28. The Labute approximate surface area is 185 Å². The van der Waals surface area contributed by atoms with Gasteiger partial charge in [0.25, 0.3) is 11.8 Å². The lowest BCUT2D eigenvalue weighted by atomic mass is 10.1. The smallest absolute Gasteiger partial charge is 0.253 e. The van der Waals surface area contributed by atoms with E-state index in [1.807, 2.05) is 6.92 Å². The van der Waals surface area contributed by atoms with Gasteiger partial charge in [0.15, 0.2) is 0 Å². The van der Waals surface area contributed by atoms with Crippen molar-refractivity contribution in [3.8, 4) is 5.75 Å². The molecule has 0 aliphatic rings. The number of carbonyl (C=O) groups is 2. The van der Waals surface area contributed by atoms with Crippen LogP contribution in [0.3, 0.4) is 0 Å². The Morgan fingerprint density at radius 3 is 1.77 bits per heavy atom. The third kappa shape index (κ3) is 5.75. The maximum atomic E-state index is 12.8. The summed E-state index contributed by atoms with van der Waals surface area (Å²) in [5, 5.41) is 6.58. The molecule has 2 N–H and O–H groups in total. The molecule has 0 radical (unpaired) electrons. The molecule has 3 aromatic rings. The van der Waals surface area contributed by atoms with Crippen molar-refractivity contribution in [3.05, 3.63) is 99.5 Å². The predicted molar refractivity (Wildman–Crippen MR) is 118 cm³/mol. The molecule has 0 heterocycles. The summed E-state index contributed by atoms with van der Waals surface area (Å²) in [7, 11) is 0. The lowest BCUT2D eigenvalue weighted by Gasteiger charge is -2.21. The molecule has 0 bridgehead atoms. The SMILES string of the molecule is CCOc1ccc(C(NC(=O)c2cccc(Cl)c2)NC(=O)c2cccc(Cl)c2)cc1. The highest BCUT2D eigenvalue weighted by Crippen LogP contribution is 2.19. The van der Waals surface area contributed by atoms with E-state index in [9.17, 15) is 9.59 Å². The molecule has 0 atom stereocenters. The molecule has 0 unspecified atom stereocenters. The molecular weight excluding hydrogens is 423 g/mol. The summed E-state index contributed by atoms with van der Waals surface area (Å²) < 4.78 is 5.46. The summed E-state index contributed by atoms with van der Waals surface area (Å²) in [4.78, 5) is 25.5. The van der Waals surface area contributed by atoms with Crippen LogP contribution in [0.2, 0.25) is 10.0 Å². The van der Waals surface area contributed by atoms with Crippen molar-refractivity contribution in [1.82, 2.24) is 10.6 Å². The van der Waals surface area contributed by atoms with Gasteiger partial charge in [-0.2, -0.15) is 0 Å².